The van der Waals surface area contributed by atoms with E-state index in [4.69, 9.17) is 9.47 Å². The topological polar surface area (TPSA) is 91.2 Å². The number of amides is 1. The number of ether oxygens (including phenoxy) is 2. The first-order chi connectivity index (χ1) is 15.2. The molecule has 0 radical (unpaired) electrons. The van der Waals surface area contributed by atoms with Crippen LogP contribution in [0.2, 0.25) is 0 Å². The zero-order valence-electron chi connectivity index (χ0n) is 16.7. The zero-order valence-corrected chi connectivity index (χ0v) is 17.5. The van der Waals surface area contributed by atoms with Gasteiger partial charge >= 0.3 is 0 Å². The molecule has 2 aromatic heterocycles. The van der Waals surface area contributed by atoms with Crippen LogP contribution >= 0.6 is 11.8 Å². The predicted octanol–water partition coefficient (Wildman–Crippen LogP) is 3.34. The fourth-order valence-electron chi connectivity index (χ4n) is 3.28. The molecule has 0 aliphatic carbocycles. The standard InChI is InChI=1S/C22H19N5O3S/c1-14(21(28)23-10-15-7-8-18-19(9-15)30-13-29-18)31-22-17-11-26-27(20(17)24-12-25-22)16-5-3-2-4-6-16/h2-9,11-12,14H,10,13H2,1H3,(H,23,28)/t14-/m0/s1. The number of para-hydroxylation sites is 1. The predicted molar refractivity (Wildman–Crippen MR) is 116 cm³/mol. The maximum Gasteiger partial charge on any atom is 0.233 e. The van der Waals surface area contributed by atoms with E-state index in [9.17, 15) is 4.79 Å². The molecule has 0 unspecified atom stereocenters. The van der Waals surface area contributed by atoms with Crippen LogP contribution in [0.15, 0.2) is 66.1 Å². The Morgan fingerprint density at radius 2 is 2.00 bits per heavy atom. The van der Waals surface area contributed by atoms with Gasteiger partial charge in [0.15, 0.2) is 17.1 Å². The molecular formula is C22H19N5O3S. The Balaban J connectivity index is 1.28. The minimum Gasteiger partial charge on any atom is -0.454 e. The van der Waals surface area contributed by atoms with Gasteiger partial charge in [-0.25, -0.2) is 14.6 Å². The highest BCUT2D eigenvalue weighted by molar-refractivity contribution is 8.00. The van der Waals surface area contributed by atoms with Crippen molar-refractivity contribution in [2.45, 2.75) is 23.7 Å². The summed E-state index contributed by atoms with van der Waals surface area (Å²) in [6.45, 7) is 2.49. The molecule has 0 saturated heterocycles. The number of nitrogens with zero attached hydrogens (tertiary/aromatic N) is 4. The molecule has 1 aliphatic rings. The monoisotopic (exact) mass is 433 g/mol. The largest absolute Gasteiger partial charge is 0.454 e. The Labute approximate surface area is 182 Å². The minimum absolute atomic E-state index is 0.0788. The number of carbonyl (C=O) groups excluding carboxylic acids is 1. The summed E-state index contributed by atoms with van der Waals surface area (Å²) in [6.07, 6.45) is 3.24. The summed E-state index contributed by atoms with van der Waals surface area (Å²) in [5.74, 6) is 1.35. The molecule has 0 spiro atoms. The third-order valence-corrected chi connectivity index (χ3v) is 6.01. The first kappa shape index (κ1) is 19.4. The van der Waals surface area contributed by atoms with Gasteiger partial charge in [-0.3, -0.25) is 4.79 Å². The molecule has 4 aromatic rings. The summed E-state index contributed by atoms with van der Waals surface area (Å²) in [4.78, 5) is 21.4. The molecule has 156 valence electrons. The highest BCUT2D eigenvalue weighted by Gasteiger charge is 2.19. The van der Waals surface area contributed by atoms with Gasteiger partial charge in [-0.1, -0.05) is 36.0 Å². The van der Waals surface area contributed by atoms with Crippen molar-refractivity contribution in [1.29, 1.82) is 0 Å². The van der Waals surface area contributed by atoms with Crippen LogP contribution in [0.4, 0.5) is 0 Å². The summed E-state index contributed by atoms with van der Waals surface area (Å²) in [7, 11) is 0. The Morgan fingerprint density at radius 3 is 2.87 bits per heavy atom. The number of benzene rings is 2. The highest BCUT2D eigenvalue weighted by Crippen LogP contribution is 2.32. The molecule has 1 amide bonds. The van der Waals surface area contributed by atoms with Gasteiger partial charge in [0.25, 0.3) is 0 Å². The van der Waals surface area contributed by atoms with Gasteiger partial charge in [-0.2, -0.15) is 5.10 Å². The number of thioether (sulfide) groups is 1. The minimum atomic E-state index is -0.341. The summed E-state index contributed by atoms with van der Waals surface area (Å²) < 4.78 is 12.5. The Bertz CT molecular complexity index is 1240. The fraction of sp³-hybridized carbons (Fsp3) is 0.182. The molecule has 0 saturated carbocycles. The van der Waals surface area contributed by atoms with E-state index in [2.05, 4.69) is 20.4 Å². The van der Waals surface area contributed by atoms with E-state index in [0.29, 0.717) is 17.9 Å². The Hall–Kier alpha value is -3.59. The fourth-order valence-corrected chi connectivity index (χ4v) is 4.18. The first-order valence-electron chi connectivity index (χ1n) is 9.76. The van der Waals surface area contributed by atoms with Crippen LogP contribution in [0.1, 0.15) is 12.5 Å². The average Bonchev–Trinajstić information content (AvgIpc) is 3.45. The van der Waals surface area contributed by atoms with Crippen molar-refractivity contribution < 1.29 is 14.3 Å². The van der Waals surface area contributed by atoms with E-state index in [1.807, 2.05) is 55.5 Å². The van der Waals surface area contributed by atoms with E-state index in [1.165, 1.54) is 18.1 Å². The zero-order chi connectivity index (χ0) is 21.2. The molecule has 31 heavy (non-hydrogen) atoms. The first-order valence-corrected chi connectivity index (χ1v) is 10.6. The summed E-state index contributed by atoms with van der Waals surface area (Å²) in [5.41, 5.74) is 2.57. The second kappa shape index (κ2) is 8.27. The van der Waals surface area contributed by atoms with Gasteiger partial charge < -0.3 is 14.8 Å². The van der Waals surface area contributed by atoms with E-state index in [-0.39, 0.29) is 18.0 Å². The van der Waals surface area contributed by atoms with Crippen LogP contribution in [-0.4, -0.2) is 37.7 Å². The molecular weight excluding hydrogens is 414 g/mol. The molecule has 1 N–H and O–H groups in total. The van der Waals surface area contributed by atoms with Gasteiger partial charge in [0, 0.05) is 6.54 Å². The Morgan fingerprint density at radius 1 is 1.16 bits per heavy atom. The normalized spacial score (nSPS) is 13.3. The number of hydrogen-bond acceptors (Lipinski definition) is 7. The number of nitrogens with one attached hydrogen (secondary N) is 1. The molecule has 5 rings (SSSR count). The quantitative estimate of drug-likeness (QED) is 0.368. The van der Waals surface area contributed by atoms with Crippen LogP contribution in [-0.2, 0) is 11.3 Å². The summed E-state index contributed by atoms with van der Waals surface area (Å²) in [6, 6.07) is 15.4. The average molecular weight is 433 g/mol. The molecule has 1 aliphatic heterocycles. The Kier molecular flexibility index (Phi) is 5.17. The number of aromatic nitrogens is 4. The molecule has 0 fully saturated rings. The lowest BCUT2D eigenvalue weighted by molar-refractivity contribution is -0.120. The van der Waals surface area contributed by atoms with E-state index in [0.717, 1.165) is 27.4 Å². The lowest BCUT2D eigenvalue weighted by Gasteiger charge is -2.12. The maximum atomic E-state index is 12.7. The number of carbonyl (C=O) groups is 1. The van der Waals surface area contributed by atoms with Crippen LogP contribution in [0, 0.1) is 0 Å². The van der Waals surface area contributed by atoms with Crippen molar-refractivity contribution in [3.8, 4) is 17.2 Å². The van der Waals surface area contributed by atoms with E-state index in [1.54, 1.807) is 10.9 Å². The molecule has 0 bridgehead atoms. The second-order valence-corrected chi connectivity index (χ2v) is 8.30. The van der Waals surface area contributed by atoms with Crippen molar-refractivity contribution in [2.75, 3.05) is 6.79 Å². The molecule has 3 heterocycles. The van der Waals surface area contributed by atoms with Crippen molar-refractivity contribution in [3.05, 3.63) is 66.6 Å². The lowest BCUT2D eigenvalue weighted by atomic mass is 10.2. The lowest BCUT2D eigenvalue weighted by Crippen LogP contribution is -2.30. The van der Waals surface area contributed by atoms with Gasteiger partial charge in [-0.15, -0.1) is 0 Å². The number of rotatable bonds is 6. The SMILES string of the molecule is C[C@H](Sc1ncnc2c1cnn2-c1ccccc1)C(=O)NCc1ccc2c(c1)OCO2. The third kappa shape index (κ3) is 3.91. The van der Waals surface area contributed by atoms with Crippen molar-refractivity contribution in [2.24, 2.45) is 0 Å². The smallest absolute Gasteiger partial charge is 0.233 e. The van der Waals surface area contributed by atoms with Crippen LogP contribution in [0.3, 0.4) is 0 Å². The van der Waals surface area contributed by atoms with E-state index < -0.39 is 0 Å². The molecule has 2 aromatic carbocycles. The van der Waals surface area contributed by atoms with Gasteiger partial charge in [-0.05, 0) is 36.8 Å². The van der Waals surface area contributed by atoms with Crippen molar-refractivity contribution >= 4 is 28.7 Å². The van der Waals surface area contributed by atoms with E-state index >= 15 is 0 Å². The van der Waals surface area contributed by atoms with Crippen LogP contribution in [0.5, 0.6) is 11.5 Å². The molecule has 1 atom stereocenters. The van der Waals surface area contributed by atoms with Gasteiger partial charge in [0.1, 0.15) is 11.4 Å². The highest BCUT2D eigenvalue weighted by atomic mass is 32.2. The third-order valence-electron chi connectivity index (χ3n) is 4.89. The van der Waals surface area contributed by atoms with Crippen LogP contribution < -0.4 is 14.8 Å². The summed E-state index contributed by atoms with van der Waals surface area (Å²) in [5, 5.41) is 8.62. The number of hydrogen-bond donors (Lipinski definition) is 1. The molecule has 9 heteroatoms. The van der Waals surface area contributed by atoms with Crippen molar-refractivity contribution in [3.63, 3.8) is 0 Å². The second-order valence-electron chi connectivity index (χ2n) is 6.97. The maximum absolute atomic E-state index is 12.7. The van der Waals surface area contributed by atoms with Crippen LogP contribution in [0.25, 0.3) is 16.7 Å². The van der Waals surface area contributed by atoms with Gasteiger partial charge in [0.2, 0.25) is 12.7 Å². The van der Waals surface area contributed by atoms with Gasteiger partial charge in [0.05, 0.1) is 22.5 Å². The number of fused-ring (bicyclic) bond motifs is 2. The molecule has 8 nitrogen and oxygen atoms in total. The summed E-state index contributed by atoms with van der Waals surface area (Å²) >= 11 is 1.38. The van der Waals surface area contributed by atoms with Crippen molar-refractivity contribution in [1.82, 2.24) is 25.1 Å².